The van der Waals surface area contributed by atoms with Crippen LogP contribution in [0.2, 0.25) is 0 Å². The van der Waals surface area contributed by atoms with Crippen molar-refractivity contribution >= 4 is 17.3 Å². The minimum atomic E-state index is -0.606. The molecule has 3 aromatic rings. The van der Waals surface area contributed by atoms with E-state index in [9.17, 15) is 4.39 Å². The van der Waals surface area contributed by atoms with Crippen LogP contribution in [-0.4, -0.2) is 40.3 Å². The number of fused-ring (bicyclic) bond motifs is 2. The van der Waals surface area contributed by atoms with Gasteiger partial charge in [0.2, 0.25) is 0 Å². The maximum absolute atomic E-state index is 15.7. The van der Waals surface area contributed by atoms with Crippen LogP contribution in [0.5, 0.6) is 0 Å². The molecule has 192 valence electrons. The predicted octanol–water partition coefficient (Wildman–Crippen LogP) is 5.91. The van der Waals surface area contributed by atoms with Crippen LogP contribution < -0.4 is 11.1 Å². The van der Waals surface area contributed by atoms with E-state index in [0.717, 1.165) is 48.6 Å². The number of rotatable bonds is 2. The summed E-state index contributed by atoms with van der Waals surface area (Å²) >= 11 is 0. The number of nitrogens with one attached hydrogen (secondary N) is 1. The van der Waals surface area contributed by atoms with Crippen LogP contribution in [0.1, 0.15) is 49.4 Å². The molecule has 0 amide bonds. The summed E-state index contributed by atoms with van der Waals surface area (Å²) in [4.78, 5) is 16.6. The minimum absolute atomic E-state index is 0.0246. The molecule has 0 bridgehead atoms. The Morgan fingerprint density at radius 1 is 1.05 bits per heavy atom. The number of hydrogen-bond acceptors (Lipinski definition) is 6. The quantitative estimate of drug-likeness (QED) is 0.455. The minimum Gasteiger partial charge on any atom is -0.356 e. The van der Waals surface area contributed by atoms with Crippen molar-refractivity contribution in [3.05, 3.63) is 82.8 Å². The highest BCUT2D eigenvalue weighted by atomic mass is 19.1. The molecule has 2 aliphatic heterocycles. The number of aryl methyl sites for hydroxylation is 1. The average molecular weight is 503 g/mol. The van der Waals surface area contributed by atoms with Gasteiger partial charge in [0.25, 0.3) is 0 Å². The number of anilines is 1. The molecule has 6 nitrogen and oxygen atoms in total. The Kier molecular flexibility index (Phi) is 7.02. The van der Waals surface area contributed by atoms with Gasteiger partial charge in [-0.3, -0.25) is 4.98 Å². The van der Waals surface area contributed by atoms with E-state index < -0.39 is 11.6 Å². The van der Waals surface area contributed by atoms with Crippen molar-refractivity contribution in [2.24, 2.45) is 16.6 Å². The fraction of sp³-hybridized carbons (Fsp3) is 0.345. The molecule has 5 rings (SSSR count). The highest BCUT2D eigenvalue weighted by Crippen LogP contribution is 2.35. The van der Waals surface area contributed by atoms with E-state index in [1.807, 2.05) is 19.9 Å². The molecule has 8 heteroatoms. The molecule has 0 radical (unpaired) electrons. The summed E-state index contributed by atoms with van der Waals surface area (Å²) < 4.78 is 30.3. The van der Waals surface area contributed by atoms with Gasteiger partial charge < -0.3 is 16.0 Å². The lowest BCUT2D eigenvalue weighted by molar-refractivity contribution is 0.271. The average Bonchev–Trinajstić information content (AvgIpc) is 2.89. The fourth-order valence-electron chi connectivity index (χ4n) is 5.12. The van der Waals surface area contributed by atoms with Crippen molar-refractivity contribution in [2.45, 2.75) is 39.5 Å². The van der Waals surface area contributed by atoms with Gasteiger partial charge in [-0.1, -0.05) is 25.1 Å². The van der Waals surface area contributed by atoms with Gasteiger partial charge in [-0.25, -0.2) is 18.8 Å². The SMILES string of the molecule is C/C1=C/C(C)c2nccc(C)c2/N=C(/N2CCC(CN)CC2)c2cc(F)c(-c3ccccc3F)nc2N1. The largest absolute Gasteiger partial charge is 0.356 e. The Labute approximate surface area is 216 Å². The summed E-state index contributed by atoms with van der Waals surface area (Å²) in [6.45, 7) is 8.16. The number of hydrogen-bond donors (Lipinski definition) is 2. The smallest absolute Gasteiger partial charge is 0.150 e. The second-order valence-electron chi connectivity index (χ2n) is 9.92. The molecule has 1 atom stereocenters. The molecule has 37 heavy (non-hydrogen) atoms. The third kappa shape index (κ3) is 4.98. The van der Waals surface area contributed by atoms with Crippen molar-refractivity contribution in [3.63, 3.8) is 0 Å². The van der Waals surface area contributed by atoms with Gasteiger partial charge >= 0.3 is 0 Å². The van der Waals surface area contributed by atoms with E-state index in [1.165, 1.54) is 18.2 Å². The first kappa shape index (κ1) is 25.0. The first-order valence-corrected chi connectivity index (χ1v) is 12.8. The topological polar surface area (TPSA) is 79.4 Å². The van der Waals surface area contributed by atoms with Crippen molar-refractivity contribution in [1.29, 1.82) is 0 Å². The van der Waals surface area contributed by atoms with E-state index in [0.29, 0.717) is 29.7 Å². The zero-order chi connectivity index (χ0) is 26.1. The number of aliphatic imine (C=N–C) groups is 1. The molecule has 0 spiro atoms. The van der Waals surface area contributed by atoms with Gasteiger partial charge in [-0.2, -0.15) is 0 Å². The molecule has 1 unspecified atom stereocenters. The van der Waals surface area contributed by atoms with Crippen LogP contribution in [0.4, 0.5) is 20.3 Å². The molecule has 2 aliphatic rings. The molecule has 3 N–H and O–H groups in total. The molecule has 1 saturated heterocycles. The number of nitrogens with zero attached hydrogens (tertiary/aromatic N) is 4. The molecular formula is C29H32F2N6. The number of nitrogens with two attached hydrogens (primary N) is 1. The highest BCUT2D eigenvalue weighted by molar-refractivity contribution is 6.05. The van der Waals surface area contributed by atoms with Gasteiger partial charge in [0.1, 0.15) is 29.0 Å². The Hall–Kier alpha value is -3.65. The lowest BCUT2D eigenvalue weighted by Gasteiger charge is -2.35. The monoisotopic (exact) mass is 502 g/mol. The van der Waals surface area contributed by atoms with E-state index in [4.69, 9.17) is 10.7 Å². The molecule has 1 aromatic carbocycles. The number of halogens is 2. The van der Waals surface area contributed by atoms with Crippen LogP contribution in [0.25, 0.3) is 11.3 Å². The molecule has 2 aromatic heterocycles. The molecule has 0 saturated carbocycles. The third-order valence-electron chi connectivity index (χ3n) is 7.21. The normalized spacial score (nSPS) is 21.1. The summed E-state index contributed by atoms with van der Waals surface area (Å²) in [7, 11) is 0. The van der Waals surface area contributed by atoms with Crippen LogP contribution in [0.3, 0.4) is 0 Å². The summed E-state index contributed by atoms with van der Waals surface area (Å²) in [6.07, 6.45) is 5.70. The maximum Gasteiger partial charge on any atom is 0.150 e. The predicted molar refractivity (Wildman–Crippen MR) is 144 cm³/mol. The van der Waals surface area contributed by atoms with Crippen molar-refractivity contribution in [3.8, 4) is 11.3 Å². The molecule has 1 fully saturated rings. The van der Waals surface area contributed by atoms with E-state index in [-0.39, 0.29) is 17.2 Å². The van der Waals surface area contributed by atoms with Gasteiger partial charge in [-0.05, 0) is 69.0 Å². The summed E-state index contributed by atoms with van der Waals surface area (Å²) in [5, 5.41) is 3.36. The second-order valence-corrected chi connectivity index (χ2v) is 9.92. The third-order valence-corrected chi connectivity index (χ3v) is 7.21. The Morgan fingerprint density at radius 2 is 1.81 bits per heavy atom. The van der Waals surface area contributed by atoms with Crippen LogP contribution in [0, 0.1) is 24.5 Å². The Balaban J connectivity index is 1.75. The standard InChI is InChI=1S/C29H32F2N6/c1-17-8-11-33-25-18(2)14-19(3)34-28-22(15-24(31)27(35-28)21-6-4-5-7-23(21)30)29(36-26(17)25)37-12-9-20(16-32)10-13-37/h4-8,11,14-15,18,20H,9-10,12-13,16,32H2,1-3H3,(H,34,35)/b19-14-,36-29+. The van der Waals surface area contributed by atoms with Crippen molar-refractivity contribution in [2.75, 3.05) is 25.0 Å². The first-order chi connectivity index (χ1) is 17.9. The number of allylic oxidation sites excluding steroid dienone is 2. The highest BCUT2D eigenvalue weighted by Gasteiger charge is 2.28. The number of amidine groups is 1. The summed E-state index contributed by atoms with van der Waals surface area (Å²) in [5.74, 6) is 0.360. The number of aromatic nitrogens is 2. The lowest BCUT2D eigenvalue weighted by atomic mass is 9.96. The fourth-order valence-corrected chi connectivity index (χ4v) is 5.12. The Bertz CT molecular complexity index is 1370. The molecular weight excluding hydrogens is 470 g/mol. The van der Waals surface area contributed by atoms with Crippen LogP contribution in [0.15, 0.2) is 59.4 Å². The first-order valence-electron chi connectivity index (χ1n) is 12.8. The second kappa shape index (κ2) is 10.4. The van der Waals surface area contributed by atoms with Crippen LogP contribution >= 0.6 is 0 Å². The van der Waals surface area contributed by atoms with Gasteiger partial charge in [0, 0.05) is 36.5 Å². The van der Waals surface area contributed by atoms with Gasteiger partial charge in [0.15, 0.2) is 0 Å². The number of benzene rings is 1. The molecule has 0 aliphatic carbocycles. The maximum atomic E-state index is 15.7. The van der Waals surface area contributed by atoms with E-state index >= 15 is 4.39 Å². The molecule has 4 heterocycles. The summed E-state index contributed by atoms with van der Waals surface area (Å²) in [6, 6.07) is 9.46. The zero-order valence-corrected chi connectivity index (χ0v) is 21.4. The van der Waals surface area contributed by atoms with E-state index in [2.05, 4.69) is 33.2 Å². The lowest BCUT2D eigenvalue weighted by Crippen LogP contribution is -2.41. The Morgan fingerprint density at radius 3 is 2.54 bits per heavy atom. The van der Waals surface area contributed by atoms with E-state index in [1.54, 1.807) is 18.3 Å². The number of likely N-dealkylation sites (tertiary alicyclic amines) is 1. The van der Waals surface area contributed by atoms with Crippen molar-refractivity contribution < 1.29 is 8.78 Å². The van der Waals surface area contributed by atoms with Crippen LogP contribution in [-0.2, 0) is 0 Å². The summed E-state index contributed by atoms with van der Waals surface area (Å²) in [5.41, 5.74) is 10.0. The van der Waals surface area contributed by atoms with Gasteiger partial charge in [0.05, 0.1) is 16.9 Å². The number of pyridine rings is 2. The number of piperidine rings is 1. The van der Waals surface area contributed by atoms with Gasteiger partial charge in [-0.15, -0.1) is 0 Å². The zero-order valence-electron chi connectivity index (χ0n) is 21.4. The van der Waals surface area contributed by atoms with Crippen molar-refractivity contribution in [1.82, 2.24) is 14.9 Å².